The van der Waals surface area contributed by atoms with Crippen LogP contribution >= 0.6 is 23.2 Å². The van der Waals surface area contributed by atoms with Gasteiger partial charge in [0.15, 0.2) is 6.10 Å². The van der Waals surface area contributed by atoms with E-state index >= 15 is 0 Å². The number of likely N-dealkylation sites (tertiary alicyclic amines) is 1. The summed E-state index contributed by atoms with van der Waals surface area (Å²) in [7, 11) is 0. The molecule has 0 aliphatic carbocycles. The van der Waals surface area contributed by atoms with E-state index in [0.29, 0.717) is 36.0 Å². The minimum absolute atomic E-state index is 0.180. The molecular formula is C16H18Cl2N2O4. The molecule has 6 nitrogen and oxygen atoms in total. The van der Waals surface area contributed by atoms with Crippen molar-refractivity contribution < 1.29 is 19.1 Å². The number of hydrogen-bond donors (Lipinski definition) is 1. The molecule has 1 saturated heterocycles. The van der Waals surface area contributed by atoms with Crippen molar-refractivity contribution in [1.29, 1.82) is 0 Å². The van der Waals surface area contributed by atoms with E-state index in [-0.39, 0.29) is 23.3 Å². The quantitative estimate of drug-likeness (QED) is 0.820. The van der Waals surface area contributed by atoms with Gasteiger partial charge in [-0.05, 0) is 38.0 Å². The molecule has 0 spiro atoms. The van der Waals surface area contributed by atoms with E-state index in [2.05, 4.69) is 0 Å². The fourth-order valence-electron chi connectivity index (χ4n) is 2.59. The molecular weight excluding hydrogens is 355 g/mol. The van der Waals surface area contributed by atoms with Crippen molar-refractivity contribution >= 4 is 41.0 Å². The third kappa shape index (κ3) is 4.61. The van der Waals surface area contributed by atoms with Crippen molar-refractivity contribution in [2.75, 3.05) is 13.1 Å². The van der Waals surface area contributed by atoms with Gasteiger partial charge in [-0.25, -0.2) is 4.79 Å². The molecule has 130 valence electrons. The maximum absolute atomic E-state index is 12.4. The fourth-order valence-corrected chi connectivity index (χ4v) is 3.12. The number of benzene rings is 1. The molecule has 0 bridgehead atoms. The van der Waals surface area contributed by atoms with Crippen LogP contribution in [0.1, 0.15) is 30.1 Å². The van der Waals surface area contributed by atoms with E-state index in [1.807, 2.05) is 0 Å². The lowest BCUT2D eigenvalue weighted by Gasteiger charge is -2.32. The van der Waals surface area contributed by atoms with Crippen molar-refractivity contribution in [1.82, 2.24) is 4.90 Å². The number of halogens is 2. The molecule has 0 radical (unpaired) electrons. The lowest BCUT2D eigenvalue weighted by atomic mass is 9.96. The third-order valence-electron chi connectivity index (χ3n) is 3.94. The molecule has 8 heteroatoms. The molecule has 2 N–H and O–H groups in total. The van der Waals surface area contributed by atoms with Crippen LogP contribution in [0, 0.1) is 5.92 Å². The van der Waals surface area contributed by atoms with E-state index in [4.69, 9.17) is 33.7 Å². The molecule has 1 heterocycles. The summed E-state index contributed by atoms with van der Waals surface area (Å²) in [6.45, 7) is 2.33. The molecule has 0 saturated carbocycles. The zero-order chi connectivity index (χ0) is 17.9. The van der Waals surface area contributed by atoms with Gasteiger partial charge in [0.25, 0.3) is 5.91 Å². The van der Waals surface area contributed by atoms with Crippen LogP contribution < -0.4 is 5.73 Å². The Labute approximate surface area is 149 Å². The van der Waals surface area contributed by atoms with Crippen LogP contribution in [0.2, 0.25) is 10.0 Å². The van der Waals surface area contributed by atoms with E-state index in [9.17, 15) is 14.4 Å². The van der Waals surface area contributed by atoms with Crippen LogP contribution in [0.15, 0.2) is 18.2 Å². The van der Waals surface area contributed by atoms with Gasteiger partial charge < -0.3 is 15.4 Å². The van der Waals surface area contributed by atoms with Gasteiger partial charge in [-0.15, -0.1) is 0 Å². The van der Waals surface area contributed by atoms with Crippen LogP contribution in [0.4, 0.5) is 0 Å². The number of carbonyl (C=O) groups is 3. The van der Waals surface area contributed by atoms with Crippen LogP contribution in [-0.2, 0) is 14.3 Å². The standard InChI is InChI=1S/C16H18Cl2N2O4/c1-9(15(22)20-4-2-10(3-5-20)14(19)21)24-16(23)11-6-12(17)8-13(18)7-11/h6-10H,2-5H2,1H3,(H2,19,21). The first kappa shape index (κ1) is 18.5. The van der Waals surface area contributed by atoms with Gasteiger partial charge in [0.1, 0.15) is 0 Å². The van der Waals surface area contributed by atoms with Gasteiger partial charge in [0.2, 0.25) is 5.91 Å². The lowest BCUT2D eigenvalue weighted by molar-refractivity contribution is -0.142. The summed E-state index contributed by atoms with van der Waals surface area (Å²) in [4.78, 5) is 37.2. The summed E-state index contributed by atoms with van der Waals surface area (Å²) in [6.07, 6.45) is 0.0949. The van der Waals surface area contributed by atoms with Gasteiger partial charge in [0, 0.05) is 29.1 Å². The summed E-state index contributed by atoms with van der Waals surface area (Å²) in [6, 6.07) is 4.34. The highest BCUT2D eigenvalue weighted by Gasteiger charge is 2.30. The van der Waals surface area contributed by atoms with Crippen molar-refractivity contribution in [3.05, 3.63) is 33.8 Å². The van der Waals surface area contributed by atoms with Gasteiger partial charge in [-0.3, -0.25) is 9.59 Å². The zero-order valence-corrected chi connectivity index (χ0v) is 14.6. The number of nitrogens with zero attached hydrogens (tertiary/aromatic N) is 1. The number of carbonyl (C=O) groups excluding carboxylic acids is 3. The van der Waals surface area contributed by atoms with Crippen LogP contribution in [0.3, 0.4) is 0 Å². The summed E-state index contributed by atoms with van der Waals surface area (Å²) < 4.78 is 5.20. The first-order chi connectivity index (χ1) is 11.3. The topological polar surface area (TPSA) is 89.7 Å². The average Bonchev–Trinajstić information content (AvgIpc) is 2.53. The average molecular weight is 373 g/mol. The Kier molecular flexibility index (Phi) is 6.07. The number of hydrogen-bond acceptors (Lipinski definition) is 4. The normalized spacial score (nSPS) is 16.5. The molecule has 1 atom stereocenters. The van der Waals surface area contributed by atoms with Crippen molar-refractivity contribution in [3.63, 3.8) is 0 Å². The molecule has 1 aliphatic heterocycles. The molecule has 0 aromatic heterocycles. The number of esters is 1. The van der Waals surface area contributed by atoms with Gasteiger partial charge >= 0.3 is 5.97 Å². The maximum atomic E-state index is 12.4. The summed E-state index contributed by atoms with van der Waals surface area (Å²) >= 11 is 11.7. The minimum atomic E-state index is -0.944. The van der Waals surface area contributed by atoms with Crippen LogP contribution in [-0.4, -0.2) is 41.9 Å². The molecule has 2 rings (SSSR count). The number of piperidine rings is 1. The van der Waals surface area contributed by atoms with E-state index in [0.717, 1.165) is 0 Å². The van der Waals surface area contributed by atoms with Gasteiger partial charge in [0.05, 0.1) is 5.56 Å². The van der Waals surface area contributed by atoms with Crippen molar-refractivity contribution in [2.45, 2.75) is 25.9 Å². The van der Waals surface area contributed by atoms with Crippen molar-refractivity contribution in [3.8, 4) is 0 Å². The highest BCUT2D eigenvalue weighted by molar-refractivity contribution is 6.35. The molecule has 1 unspecified atom stereocenters. The van der Waals surface area contributed by atoms with Gasteiger partial charge in [-0.2, -0.15) is 0 Å². The van der Waals surface area contributed by atoms with E-state index < -0.39 is 12.1 Å². The number of rotatable bonds is 4. The largest absolute Gasteiger partial charge is 0.449 e. The number of ether oxygens (including phenoxy) is 1. The third-order valence-corrected chi connectivity index (χ3v) is 4.38. The summed E-state index contributed by atoms with van der Waals surface area (Å²) in [5.41, 5.74) is 5.45. The highest BCUT2D eigenvalue weighted by atomic mass is 35.5. The molecule has 1 aliphatic rings. The molecule has 2 amide bonds. The maximum Gasteiger partial charge on any atom is 0.339 e. The van der Waals surface area contributed by atoms with E-state index in [1.165, 1.54) is 25.1 Å². The number of nitrogens with two attached hydrogens (primary N) is 1. The molecule has 1 aromatic carbocycles. The molecule has 1 fully saturated rings. The summed E-state index contributed by atoms with van der Waals surface area (Å²) in [5.74, 6) is -1.54. The predicted octanol–water partition coefficient (Wildman–Crippen LogP) is 2.26. The second kappa shape index (κ2) is 7.85. The van der Waals surface area contributed by atoms with Gasteiger partial charge in [-0.1, -0.05) is 23.2 Å². The Morgan fingerprint density at radius 1 is 1.17 bits per heavy atom. The van der Waals surface area contributed by atoms with Crippen LogP contribution in [0.25, 0.3) is 0 Å². The lowest BCUT2D eigenvalue weighted by Crippen LogP contribution is -2.46. The Balaban J connectivity index is 1.94. The molecule has 24 heavy (non-hydrogen) atoms. The Hall–Kier alpha value is -1.79. The smallest absolute Gasteiger partial charge is 0.339 e. The molecule has 1 aromatic rings. The second-order valence-electron chi connectivity index (χ2n) is 5.71. The monoisotopic (exact) mass is 372 g/mol. The fraction of sp³-hybridized carbons (Fsp3) is 0.438. The SMILES string of the molecule is CC(OC(=O)c1cc(Cl)cc(Cl)c1)C(=O)N1CCC(C(N)=O)CC1. The predicted molar refractivity (Wildman–Crippen MR) is 89.8 cm³/mol. The number of primary amides is 1. The highest BCUT2D eigenvalue weighted by Crippen LogP contribution is 2.21. The summed E-state index contributed by atoms with van der Waals surface area (Å²) in [5, 5.41) is 0.615. The van der Waals surface area contributed by atoms with Crippen LogP contribution in [0.5, 0.6) is 0 Å². The Morgan fingerprint density at radius 3 is 2.21 bits per heavy atom. The Morgan fingerprint density at radius 2 is 1.71 bits per heavy atom. The zero-order valence-electron chi connectivity index (χ0n) is 13.1. The first-order valence-corrected chi connectivity index (χ1v) is 8.28. The Bertz CT molecular complexity index is 637. The first-order valence-electron chi connectivity index (χ1n) is 7.53. The van der Waals surface area contributed by atoms with Crippen molar-refractivity contribution in [2.24, 2.45) is 11.7 Å². The minimum Gasteiger partial charge on any atom is -0.449 e. The van der Waals surface area contributed by atoms with E-state index in [1.54, 1.807) is 4.90 Å². The second-order valence-corrected chi connectivity index (χ2v) is 6.58. The number of amides is 2.